The monoisotopic (exact) mass is 440 g/mol. The maximum atomic E-state index is 12.9. The molecule has 0 atom stereocenters. The molecule has 12 heteroatoms. The number of hydrogen-bond donors (Lipinski definition) is 1. The first-order chi connectivity index (χ1) is 13.7. The molecule has 1 amide bonds. The number of carbonyl (C=O) groups is 1. The van der Waals surface area contributed by atoms with Gasteiger partial charge in [-0.2, -0.15) is 18.3 Å². The minimum Gasteiger partial charge on any atom is -0.303 e. The second-order valence-corrected chi connectivity index (χ2v) is 7.68. The first-order valence-electron chi connectivity index (χ1n) is 7.89. The van der Waals surface area contributed by atoms with Crippen molar-refractivity contribution in [2.45, 2.75) is 16.0 Å². The summed E-state index contributed by atoms with van der Waals surface area (Å²) in [7, 11) is 0. The minimum absolute atomic E-state index is 0.185. The summed E-state index contributed by atoms with van der Waals surface area (Å²) >= 11 is 2.05. The molecule has 150 valence electrons. The van der Waals surface area contributed by atoms with Gasteiger partial charge in [0.15, 0.2) is 5.17 Å². The molecule has 1 fully saturated rings. The van der Waals surface area contributed by atoms with E-state index in [0.29, 0.717) is 10.7 Å². The van der Waals surface area contributed by atoms with Crippen molar-refractivity contribution in [2.75, 3.05) is 5.75 Å². The molecule has 0 aliphatic carbocycles. The Hall–Kier alpha value is -2.86. The van der Waals surface area contributed by atoms with Gasteiger partial charge in [-0.15, -0.1) is 5.10 Å². The summed E-state index contributed by atoms with van der Waals surface area (Å²) in [6, 6.07) is 8.79. The van der Waals surface area contributed by atoms with Crippen LogP contribution in [0.3, 0.4) is 0 Å². The zero-order valence-corrected chi connectivity index (χ0v) is 16.0. The molecule has 29 heavy (non-hydrogen) atoms. The minimum atomic E-state index is -4.50. The van der Waals surface area contributed by atoms with Crippen molar-refractivity contribution in [3.8, 4) is 0 Å². The van der Waals surface area contributed by atoms with Gasteiger partial charge in [-0.05, 0) is 24.3 Å². The molecule has 1 aliphatic rings. The van der Waals surface area contributed by atoms with Gasteiger partial charge >= 0.3 is 6.18 Å². The van der Waals surface area contributed by atoms with E-state index in [1.165, 1.54) is 48.3 Å². The molecule has 1 heterocycles. The van der Waals surface area contributed by atoms with E-state index in [0.717, 1.165) is 23.9 Å². The smallest absolute Gasteiger partial charge is 0.303 e. The van der Waals surface area contributed by atoms with Crippen LogP contribution in [0, 0.1) is 10.1 Å². The highest BCUT2D eigenvalue weighted by Gasteiger charge is 2.30. The molecule has 0 radical (unpaired) electrons. The Balaban J connectivity index is 1.82. The lowest BCUT2D eigenvalue weighted by Crippen LogP contribution is -2.19. The molecule has 2 aromatic carbocycles. The van der Waals surface area contributed by atoms with E-state index in [9.17, 15) is 28.1 Å². The second-order valence-electron chi connectivity index (χ2n) is 5.60. The van der Waals surface area contributed by atoms with E-state index >= 15 is 0 Å². The van der Waals surface area contributed by atoms with Crippen LogP contribution in [-0.4, -0.2) is 28.0 Å². The Kier molecular flexibility index (Phi) is 6.23. The Labute approximate surface area is 170 Å². The van der Waals surface area contributed by atoms with E-state index < -0.39 is 16.7 Å². The van der Waals surface area contributed by atoms with Gasteiger partial charge in [-0.3, -0.25) is 14.9 Å². The molecule has 0 saturated carbocycles. The van der Waals surface area contributed by atoms with Gasteiger partial charge in [0.05, 0.1) is 27.3 Å². The van der Waals surface area contributed by atoms with Crippen molar-refractivity contribution >= 4 is 46.5 Å². The molecule has 0 spiro atoms. The van der Waals surface area contributed by atoms with E-state index in [4.69, 9.17) is 0 Å². The number of halogens is 3. The molecule has 0 unspecified atom stereocenters. The summed E-state index contributed by atoms with van der Waals surface area (Å²) in [5, 5.41) is 21.8. The SMILES string of the molecule is O=C1CSC(=NN=Cc2ccc(Sc3cccc(C(F)(F)F)c3)c([N+](=O)[O-])c2)N1. The predicted molar refractivity (Wildman–Crippen MR) is 104 cm³/mol. The highest BCUT2D eigenvalue weighted by atomic mass is 32.2. The molecule has 3 rings (SSSR count). The number of thioether (sulfide) groups is 1. The number of nitro benzene ring substituents is 1. The van der Waals surface area contributed by atoms with Crippen molar-refractivity contribution < 1.29 is 22.9 Å². The van der Waals surface area contributed by atoms with Gasteiger partial charge in [0.1, 0.15) is 0 Å². The summed E-state index contributed by atoms with van der Waals surface area (Å²) in [6.07, 6.45) is -3.22. The van der Waals surface area contributed by atoms with Crippen molar-refractivity contribution in [1.29, 1.82) is 0 Å². The van der Waals surface area contributed by atoms with Crippen LogP contribution in [0.25, 0.3) is 0 Å². The summed E-state index contributed by atoms with van der Waals surface area (Å²) in [5.74, 6) is 0.0666. The summed E-state index contributed by atoms with van der Waals surface area (Å²) < 4.78 is 38.6. The quantitative estimate of drug-likeness (QED) is 0.424. The van der Waals surface area contributed by atoms with Crippen molar-refractivity contribution in [2.24, 2.45) is 10.2 Å². The fraction of sp³-hybridized carbons (Fsp3) is 0.118. The average molecular weight is 440 g/mol. The highest BCUT2D eigenvalue weighted by molar-refractivity contribution is 8.15. The maximum Gasteiger partial charge on any atom is 0.416 e. The third-order valence-corrected chi connectivity index (χ3v) is 5.43. The second kappa shape index (κ2) is 8.66. The van der Waals surface area contributed by atoms with Gasteiger partial charge in [-0.25, -0.2) is 0 Å². The van der Waals surface area contributed by atoms with Crippen LogP contribution in [-0.2, 0) is 11.0 Å². The largest absolute Gasteiger partial charge is 0.416 e. The molecule has 1 aliphatic heterocycles. The van der Waals surface area contributed by atoms with Gasteiger partial charge < -0.3 is 5.32 Å². The number of carbonyl (C=O) groups excluding carboxylic acids is 1. The Morgan fingerprint density at radius 1 is 1.24 bits per heavy atom. The first kappa shape index (κ1) is 20.9. The number of nitrogens with one attached hydrogen (secondary N) is 1. The zero-order valence-electron chi connectivity index (χ0n) is 14.3. The average Bonchev–Trinajstić information content (AvgIpc) is 3.07. The number of amides is 1. The fourth-order valence-electron chi connectivity index (χ4n) is 2.23. The molecule has 1 N–H and O–H groups in total. The van der Waals surface area contributed by atoms with E-state index in [2.05, 4.69) is 15.5 Å². The van der Waals surface area contributed by atoms with Crippen LogP contribution in [0.2, 0.25) is 0 Å². The summed E-state index contributed by atoms with van der Waals surface area (Å²) in [4.78, 5) is 22.3. The molecule has 2 aromatic rings. The normalized spacial score (nSPS) is 15.8. The number of amidine groups is 1. The van der Waals surface area contributed by atoms with Crippen molar-refractivity contribution in [1.82, 2.24) is 5.32 Å². The standard InChI is InChI=1S/C17H11F3N4O3S2/c18-17(19,20)11-2-1-3-12(7-11)29-14-5-4-10(6-13(14)24(26)27)8-21-23-16-22-15(25)9-28-16/h1-8H,9H2,(H,22,23,25). The first-order valence-corrected chi connectivity index (χ1v) is 9.70. The van der Waals surface area contributed by atoms with Crippen LogP contribution in [0.1, 0.15) is 11.1 Å². The van der Waals surface area contributed by atoms with Crippen LogP contribution < -0.4 is 5.32 Å². The van der Waals surface area contributed by atoms with Gasteiger partial charge in [0.2, 0.25) is 5.91 Å². The number of benzene rings is 2. The molecular formula is C17H11F3N4O3S2. The molecule has 0 bridgehead atoms. The topological polar surface area (TPSA) is 97.0 Å². The number of hydrogen-bond acceptors (Lipinski definition) is 7. The van der Waals surface area contributed by atoms with Gasteiger partial charge in [-0.1, -0.05) is 35.7 Å². The van der Waals surface area contributed by atoms with Crippen molar-refractivity contribution in [3.05, 3.63) is 63.7 Å². The number of nitrogens with zero attached hydrogens (tertiary/aromatic N) is 3. The van der Waals surface area contributed by atoms with E-state index in [1.54, 1.807) is 0 Å². The number of nitro groups is 1. The van der Waals surface area contributed by atoms with Crippen LogP contribution in [0.15, 0.2) is 62.5 Å². The molecule has 7 nitrogen and oxygen atoms in total. The van der Waals surface area contributed by atoms with Gasteiger partial charge in [0.25, 0.3) is 5.69 Å². The number of rotatable bonds is 5. The molecule has 0 aromatic heterocycles. The lowest BCUT2D eigenvalue weighted by Gasteiger charge is -2.09. The predicted octanol–water partition coefficient (Wildman–Crippen LogP) is 4.32. The lowest BCUT2D eigenvalue weighted by atomic mass is 10.2. The summed E-state index contributed by atoms with van der Waals surface area (Å²) in [5.41, 5.74) is -0.721. The maximum absolute atomic E-state index is 12.9. The Morgan fingerprint density at radius 3 is 2.69 bits per heavy atom. The summed E-state index contributed by atoms with van der Waals surface area (Å²) in [6.45, 7) is 0. The van der Waals surface area contributed by atoms with Crippen LogP contribution in [0.4, 0.5) is 18.9 Å². The highest BCUT2D eigenvalue weighted by Crippen LogP contribution is 2.38. The Bertz CT molecular complexity index is 1030. The number of alkyl halides is 3. The van der Waals surface area contributed by atoms with Crippen molar-refractivity contribution in [3.63, 3.8) is 0 Å². The fourth-order valence-corrected chi connectivity index (χ4v) is 3.83. The van der Waals surface area contributed by atoms with Crippen LogP contribution in [0.5, 0.6) is 0 Å². The van der Waals surface area contributed by atoms with E-state index in [-0.39, 0.29) is 27.1 Å². The van der Waals surface area contributed by atoms with Crippen LogP contribution >= 0.6 is 23.5 Å². The lowest BCUT2D eigenvalue weighted by molar-refractivity contribution is -0.387. The van der Waals surface area contributed by atoms with Gasteiger partial charge in [0, 0.05) is 16.5 Å². The molecule has 1 saturated heterocycles. The Morgan fingerprint density at radius 2 is 2.03 bits per heavy atom. The third-order valence-electron chi connectivity index (χ3n) is 3.51. The zero-order chi connectivity index (χ0) is 21.0. The molecular weight excluding hydrogens is 429 g/mol. The van der Waals surface area contributed by atoms with E-state index in [1.807, 2.05) is 0 Å². The third kappa shape index (κ3) is 5.57.